The Morgan fingerprint density at radius 3 is 2.30 bits per heavy atom. The third-order valence-electron chi connectivity index (χ3n) is 3.53. The van der Waals surface area contributed by atoms with Crippen LogP contribution in [0.1, 0.15) is 26.3 Å². The standard InChI is InChI=1S/C17H23FN2O3/c1-17(2,3)23-16(22)20-9-7-19(8-10-20)15(21)12-13-5-4-6-14(18)11-13/h4-6,11H,7-10,12H2,1-3H3. The molecule has 1 fully saturated rings. The molecule has 0 aliphatic carbocycles. The number of ether oxygens (including phenoxy) is 1. The number of piperazine rings is 1. The van der Waals surface area contributed by atoms with E-state index in [1.165, 1.54) is 12.1 Å². The van der Waals surface area contributed by atoms with E-state index in [0.717, 1.165) is 0 Å². The van der Waals surface area contributed by atoms with Gasteiger partial charge in [-0.25, -0.2) is 9.18 Å². The Bertz CT molecular complexity index is 575. The molecular formula is C17H23FN2O3. The number of benzene rings is 1. The van der Waals surface area contributed by atoms with Crippen molar-refractivity contribution in [3.05, 3.63) is 35.6 Å². The van der Waals surface area contributed by atoms with Crippen molar-refractivity contribution in [1.29, 1.82) is 0 Å². The fraction of sp³-hybridized carbons (Fsp3) is 0.529. The van der Waals surface area contributed by atoms with Crippen LogP contribution in [0.3, 0.4) is 0 Å². The molecule has 1 aliphatic rings. The summed E-state index contributed by atoms with van der Waals surface area (Å²) in [6, 6.07) is 6.05. The fourth-order valence-corrected chi connectivity index (χ4v) is 2.40. The Hall–Kier alpha value is -2.11. The monoisotopic (exact) mass is 322 g/mol. The summed E-state index contributed by atoms with van der Waals surface area (Å²) in [5.74, 6) is -0.399. The second kappa shape index (κ2) is 6.98. The van der Waals surface area contributed by atoms with E-state index in [-0.39, 0.29) is 24.2 Å². The van der Waals surface area contributed by atoms with Gasteiger partial charge in [-0.3, -0.25) is 4.79 Å². The van der Waals surface area contributed by atoms with Crippen molar-refractivity contribution in [3.8, 4) is 0 Å². The molecular weight excluding hydrogens is 299 g/mol. The maximum Gasteiger partial charge on any atom is 0.410 e. The number of hydrogen-bond donors (Lipinski definition) is 0. The van der Waals surface area contributed by atoms with Gasteiger partial charge in [-0.2, -0.15) is 0 Å². The zero-order chi connectivity index (χ0) is 17.0. The molecule has 1 aromatic carbocycles. The van der Waals surface area contributed by atoms with Crippen molar-refractivity contribution < 1.29 is 18.7 Å². The van der Waals surface area contributed by atoms with Gasteiger partial charge in [0.15, 0.2) is 0 Å². The van der Waals surface area contributed by atoms with Crippen LogP contribution in [0.2, 0.25) is 0 Å². The minimum atomic E-state index is -0.526. The van der Waals surface area contributed by atoms with Crippen molar-refractivity contribution >= 4 is 12.0 Å². The van der Waals surface area contributed by atoms with Gasteiger partial charge in [-0.1, -0.05) is 12.1 Å². The van der Waals surface area contributed by atoms with Gasteiger partial charge in [-0.05, 0) is 38.5 Å². The average Bonchev–Trinajstić information content (AvgIpc) is 2.45. The summed E-state index contributed by atoms with van der Waals surface area (Å²) in [5, 5.41) is 0. The van der Waals surface area contributed by atoms with Gasteiger partial charge in [0.25, 0.3) is 0 Å². The summed E-state index contributed by atoms with van der Waals surface area (Å²) in [6.45, 7) is 7.30. The highest BCUT2D eigenvalue weighted by atomic mass is 19.1. The molecule has 0 aromatic heterocycles. The smallest absolute Gasteiger partial charge is 0.410 e. The van der Waals surface area contributed by atoms with Crippen LogP contribution in [0, 0.1) is 5.82 Å². The van der Waals surface area contributed by atoms with Crippen LogP contribution in [0.25, 0.3) is 0 Å². The number of hydrogen-bond acceptors (Lipinski definition) is 3. The quantitative estimate of drug-likeness (QED) is 0.840. The van der Waals surface area contributed by atoms with Crippen LogP contribution in [-0.2, 0) is 16.0 Å². The van der Waals surface area contributed by atoms with Crippen molar-refractivity contribution in [2.45, 2.75) is 32.8 Å². The van der Waals surface area contributed by atoms with E-state index in [1.807, 2.05) is 20.8 Å². The average molecular weight is 322 g/mol. The molecule has 0 unspecified atom stereocenters. The Morgan fingerprint density at radius 1 is 1.13 bits per heavy atom. The summed E-state index contributed by atoms with van der Waals surface area (Å²) in [6.07, 6.45) is -0.181. The van der Waals surface area contributed by atoms with Gasteiger partial charge in [0.2, 0.25) is 5.91 Å². The highest BCUT2D eigenvalue weighted by molar-refractivity contribution is 5.79. The summed E-state index contributed by atoms with van der Waals surface area (Å²) in [5.41, 5.74) is 0.131. The molecule has 126 valence electrons. The second-order valence-corrected chi connectivity index (χ2v) is 6.65. The van der Waals surface area contributed by atoms with Crippen LogP contribution in [0.15, 0.2) is 24.3 Å². The molecule has 2 amide bonds. The fourth-order valence-electron chi connectivity index (χ4n) is 2.40. The minimum absolute atomic E-state index is 0.0561. The van der Waals surface area contributed by atoms with Crippen LogP contribution in [-0.4, -0.2) is 53.6 Å². The predicted octanol–water partition coefficient (Wildman–Crippen LogP) is 2.45. The largest absolute Gasteiger partial charge is 0.444 e. The van der Waals surface area contributed by atoms with Gasteiger partial charge in [0.1, 0.15) is 11.4 Å². The van der Waals surface area contributed by atoms with E-state index in [2.05, 4.69) is 0 Å². The first-order chi connectivity index (χ1) is 10.7. The van der Waals surface area contributed by atoms with Crippen molar-refractivity contribution in [2.75, 3.05) is 26.2 Å². The number of carbonyl (C=O) groups excluding carboxylic acids is 2. The van der Waals surface area contributed by atoms with Crippen molar-refractivity contribution in [3.63, 3.8) is 0 Å². The van der Waals surface area contributed by atoms with E-state index in [0.29, 0.717) is 31.7 Å². The lowest BCUT2D eigenvalue weighted by molar-refractivity contribution is -0.132. The van der Waals surface area contributed by atoms with E-state index >= 15 is 0 Å². The summed E-state index contributed by atoms with van der Waals surface area (Å²) >= 11 is 0. The lowest BCUT2D eigenvalue weighted by atomic mass is 10.1. The molecule has 0 atom stereocenters. The normalized spacial score (nSPS) is 15.5. The number of rotatable bonds is 2. The summed E-state index contributed by atoms with van der Waals surface area (Å²) in [7, 11) is 0. The lowest BCUT2D eigenvalue weighted by Gasteiger charge is -2.35. The van der Waals surface area contributed by atoms with Crippen LogP contribution >= 0.6 is 0 Å². The van der Waals surface area contributed by atoms with E-state index in [1.54, 1.807) is 21.9 Å². The number of carbonyl (C=O) groups is 2. The first kappa shape index (κ1) is 17.2. The van der Waals surface area contributed by atoms with Crippen LogP contribution in [0.5, 0.6) is 0 Å². The molecule has 0 spiro atoms. The topological polar surface area (TPSA) is 49.9 Å². The molecule has 1 aliphatic heterocycles. The molecule has 23 heavy (non-hydrogen) atoms. The first-order valence-corrected chi connectivity index (χ1v) is 7.75. The SMILES string of the molecule is CC(C)(C)OC(=O)N1CCN(C(=O)Cc2cccc(F)c2)CC1. The molecule has 6 heteroatoms. The molecule has 0 bridgehead atoms. The minimum Gasteiger partial charge on any atom is -0.444 e. The molecule has 0 radical (unpaired) electrons. The number of halogens is 1. The first-order valence-electron chi connectivity index (χ1n) is 7.75. The molecule has 2 rings (SSSR count). The summed E-state index contributed by atoms with van der Waals surface area (Å²) < 4.78 is 18.5. The van der Waals surface area contributed by atoms with Crippen molar-refractivity contribution in [2.24, 2.45) is 0 Å². The third-order valence-corrected chi connectivity index (χ3v) is 3.53. The van der Waals surface area contributed by atoms with E-state index in [4.69, 9.17) is 4.74 Å². The van der Waals surface area contributed by atoms with E-state index < -0.39 is 5.60 Å². The Kier molecular flexibility index (Phi) is 5.23. The maximum absolute atomic E-state index is 13.2. The van der Waals surface area contributed by atoms with Gasteiger partial charge in [-0.15, -0.1) is 0 Å². The number of amides is 2. The molecule has 0 N–H and O–H groups in total. The summed E-state index contributed by atoms with van der Waals surface area (Å²) in [4.78, 5) is 27.5. The van der Waals surface area contributed by atoms with Gasteiger partial charge < -0.3 is 14.5 Å². The highest BCUT2D eigenvalue weighted by Crippen LogP contribution is 2.13. The van der Waals surface area contributed by atoms with Crippen molar-refractivity contribution in [1.82, 2.24) is 9.80 Å². The van der Waals surface area contributed by atoms with Gasteiger partial charge in [0.05, 0.1) is 6.42 Å². The molecule has 1 aromatic rings. The zero-order valence-electron chi connectivity index (χ0n) is 13.8. The third kappa shape index (κ3) is 5.23. The Labute approximate surface area is 136 Å². The molecule has 0 saturated carbocycles. The van der Waals surface area contributed by atoms with Gasteiger partial charge >= 0.3 is 6.09 Å². The van der Waals surface area contributed by atoms with Crippen LogP contribution < -0.4 is 0 Å². The Balaban J connectivity index is 1.84. The zero-order valence-corrected chi connectivity index (χ0v) is 13.8. The van der Waals surface area contributed by atoms with Gasteiger partial charge in [0, 0.05) is 26.2 Å². The predicted molar refractivity (Wildman–Crippen MR) is 84.5 cm³/mol. The maximum atomic E-state index is 13.2. The molecule has 1 saturated heterocycles. The molecule has 1 heterocycles. The van der Waals surface area contributed by atoms with Crippen LogP contribution in [0.4, 0.5) is 9.18 Å². The second-order valence-electron chi connectivity index (χ2n) is 6.65. The Morgan fingerprint density at radius 2 is 1.74 bits per heavy atom. The van der Waals surface area contributed by atoms with E-state index in [9.17, 15) is 14.0 Å². The lowest BCUT2D eigenvalue weighted by Crippen LogP contribution is -2.52. The highest BCUT2D eigenvalue weighted by Gasteiger charge is 2.27. The molecule has 5 nitrogen and oxygen atoms in total. The number of nitrogens with zero attached hydrogens (tertiary/aromatic N) is 2.